The van der Waals surface area contributed by atoms with Crippen molar-refractivity contribution in [3.63, 3.8) is 0 Å². The standard InChI is InChI=1S/C12H16N4OS2/c17-9-3-1-5-15(7-9)8-16-12(18)13-11(14-16)10-4-2-6-19-10/h2,4,6,9,17H,1,3,5,7-8H2,(H,13,14,18)/t9-/m1/s1. The quantitative estimate of drug-likeness (QED) is 0.852. The molecule has 3 heterocycles. The van der Waals surface area contributed by atoms with Crippen molar-refractivity contribution in [3.8, 4) is 10.7 Å². The highest BCUT2D eigenvalue weighted by molar-refractivity contribution is 7.71. The SMILES string of the molecule is O[C@@H]1CCCN(Cn2[nH]c(-c3cccs3)nc2=S)C1. The van der Waals surface area contributed by atoms with Crippen LogP contribution in [0.4, 0.5) is 0 Å². The minimum Gasteiger partial charge on any atom is -0.392 e. The molecule has 3 rings (SSSR count). The number of thiophene rings is 1. The number of H-pyrrole nitrogens is 1. The molecule has 5 nitrogen and oxygen atoms in total. The van der Waals surface area contributed by atoms with Crippen LogP contribution in [0.25, 0.3) is 10.7 Å². The molecule has 0 aromatic carbocycles. The molecule has 0 aliphatic carbocycles. The number of likely N-dealkylation sites (tertiary alicyclic amines) is 1. The Labute approximate surface area is 120 Å². The van der Waals surface area contributed by atoms with E-state index in [0.717, 1.165) is 30.1 Å². The van der Waals surface area contributed by atoms with Crippen molar-refractivity contribution in [2.45, 2.75) is 25.6 Å². The van der Waals surface area contributed by atoms with Crippen LogP contribution in [0, 0.1) is 4.77 Å². The van der Waals surface area contributed by atoms with Gasteiger partial charge in [-0.05, 0) is 36.5 Å². The lowest BCUT2D eigenvalue weighted by Crippen LogP contribution is -2.39. The Morgan fingerprint density at radius 1 is 1.58 bits per heavy atom. The molecule has 0 radical (unpaired) electrons. The van der Waals surface area contributed by atoms with Crippen LogP contribution in [0.5, 0.6) is 0 Å². The van der Waals surface area contributed by atoms with Crippen molar-refractivity contribution in [3.05, 3.63) is 22.3 Å². The lowest BCUT2D eigenvalue weighted by Gasteiger charge is -2.29. The highest BCUT2D eigenvalue weighted by Crippen LogP contribution is 2.21. The Balaban J connectivity index is 1.76. The van der Waals surface area contributed by atoms with E-state index >= 15 is 0 Å². The third-order valence-electron chi connectivity index (χ3n) is 3.26. The molecule has 0 bridgehead atoms. The zero-order chi connectivity index (χ0) is 13.2. The number of aliphatic hydroxyl groups is 1. The summed E-state index contributed by atoms with van der Waals surface area (Å²) in [5.41, 5.74) is 0. The number of hydrogen-bond acceptors (Lipinski definition) is 5. The molecule has 0 unspecified atom stereocenters. The van der Waals surface area contributed by atoms with Gasteiger partial charge in [-0.15, -0.1) is 11.3 Å². The number of hydrogen-bond donors (Lipinski definition) is 2. The maximum Gasteiger partial charge on any atom is 0.217 e. The summed E-state index contributed by atoms with van der Waals surface area (Å²) >= 11 is 6.92. The molecule has 7 heteroatoms. The minimum atomic E-state index is -0.220. The fourth-order valence-electron chi connectivity index (χ4n) is 2.34. The van der Waals surface area contributed by atoms with Crippen molar-refractivity contribution >= 4 is 23.6 Å². The van der Waals surface area contributed by atoms with Crippen molar-refractivity contribution in [2.75, 3.05) is 13.1 Å². The molecule has 1 atom stereocenters. The molecule has 1 fully saturated rings. The van der Waals surface area contributed by atoms with Crippen LogP contribution >= 0.6 is 23.6 Å². The molecule has 19 heavy (non-hydrogen) atoms. The molecule has 2 aromatic heterocycles. The van der Waals surface area contributed by atoms with E-state index in [4.69, 9.17) is 12.2 Å². The zero-order valence-corrected chi connectivity index (χ0v) is 12.1. The highest BCUT2D eigenvalue weighted by atomic mass is 32.1. The number of aromatic amines is 1. The highest BCUT2D eigenvalue weighted by Gasteiger charge is 2.18. The van der Waals surface area contributed by atoms with Crippen LogP contribution < -0.4 is 0 Å². The number of nitrogens with one attached hydrogen (secondary N) is 1. The van der Waals surface area contributed by atoms with Gasteiger partial charge in [-0.1, -0.05) is 6.07 Å². The van der Waals surface area contributed by atoms with Gasteiger partial charge >= 0.3 is 0 Å². The minimum absolute atomic E-state index is 0.220. The topological polar surface area (TPSA) is 57.1 Å². The molecule has 2 N–H and O–H groups in total. The van der Waals surface area contributed by atoms with E-state index in [1.807, 2.05) is 22.2 Å². The van der Waals surface area contributed by atoms with Crippen molar-refractivity contribution in [2.24, 2.45) is 0 Å². The predicted molar refractivity (Wildman–Crippen MR) is 77.5 cm³/mol. The van der Waals surface area contributed by atoms with E-state index in [-0.39, 0.29) is 6.10 Å². The molecule has 102 valence electrons. The number of aliphatic hydroxyl groups excluding tert-OH is 1. The van der Waals surface area contributed by atoms with Crippen LogP contribution in [0.2, 0.25) is 0 Å². The first kappa shape index (κ1) is 13.0. The van der Waals surface area contributed by atoms with Crippen LogP contribution in [0.1, 0.15) is 12.8 Å². The van der Waals surface area contributed by atoms with Crippen molar-refractivity contribution in [1.82, 2.24) is 19.7 Å². The first-order chi connectivity index (χ1) is 9.22. The summed E-state index contributed by atoms with van der Waals surface area (Å²) in [6.07, 6.45) is 1.70. The molecule has 1 aliphatic rings. The van der Waals surface area contributed by atoms with Gasteiger partial charge in [-0.25, -0.2) is 4.68 Å². The third-order valence-corrected chi connectivity index (χ3v) is 4.44. The van der Waals surface area contributed by atoms with Gasteiger partial charge in [0, 0.05) is 13.1 Å². The van der Waals surface area contributed by atoms with Crippen LogP contribution in [0.15, 0.2) is 17.5 Å². The second kappa shape index (κ2) is 5.54. The second-order valence-corrected chi connectivity index (χ2v) is 6.09. The summed E-state index contributed by atoms with van der Waals surface area (Å²) in [5, 5.41) is 14.9. The van der Waals surface area contributed by atoms with Gasteiger partial charge in [-0.3, -0.25) is 10.00 Å². The maximum absolute atomic E-state index is 9.68. The first-order valence-electron chi connectivity index (χ1n) is 6.33. The Bertz CT molecular complexity index is 589. The van der Waals surface area contributed by atoms with Gasteiger partial charge in [0.15, 0.2) is 5.82 Å². The average Bonchev–Trinajstić information content (AvgIpc) is 3.00. The average molecular weight is 296 g/mol. The summed E-state index contributed by atoms with van der Waals surface area (Å²) < 4.78 is 2.42. The Morgan fingerprint density at radius 2 is 2.47 bits per heavy atom. The number of piperidine rings is 1. The van der Waals surface area contributed by atoms with E-state index < -0.39 is 0 Å². The van der Waals surface area contributed by atoms with E-state index in [2.05, 4.69) is 15.0 Å². The predicted octanol–water partition coefficient (Wildman–Crippen LogP) is 2.08. The van der Waals surface area contributed by atoms with Crippen molar-refractivity contribution in [1.29, 1.82) is 0 Å². The van der Waals surface area contributed by atoms with Gasteiger partial charge in [0.2, 0.25) is 4.77 Å². The zero-order valence-electron chi connectivity index (χ0n) is 10.5. The van der Waals surface area contributed by atoms with E-state index in [1.165, 1.54) is 0 Å². The Morgan fingerprint density at radius 3 is 3.21 bits per heavy atom. The summed E-state index contributed by atoms with van der Waals surface area (Å²) in [6, 6.07) is 4.02. The summed E-state index contributed by atoms with van der Waals surface area (Å²) in [7, 11) is 0. The van der Waals surface area contributed by atoms with Crippen LogP contribution in [-0.4, -0.2) is 44.0 Å². The lowest BCUT2D eigenvalue weighted by molar-refractivity contribution is 0.0514. The largest absolute Gasteiger partial charge is 0.392 e. The summed E-state index contributed by atoms with van der Waals surface area (Å²) in [6.45, 7) is 2.36. The molecule has 0 spiro atoms. The fourth-order valence-corrected chi connectivity index (χ4v) is 3.19. The molecule has 1 aliphatic heterocycles. The molecule has 0 amide bonds. The molecule has 2 aromatic rings. The fraction of sp³-hybridized carbons (Fsp3) is 0.500. The number of β-amino-alcohol motifs (C(OH)–C–C–N with tert-alkyl or cyclic N) is 1. The van der Waals surface area contributed by atoms with Gasteiger partial charge in [0.25, 0.3) is 0 Å². The van der Waals surface area contributed by atoms with E-state index in [1.54, 1.807) is 11.3 Å². The third kappa shape index (κ3) is 2.94. The van der Waals surface area contributed by atoms with Crippen LogP contribution in [0.3, 0.4) is 0 Å². The lowest BCUT2D eigenvalue weighted by atomic mass is 10.1. The van der Waals surface area contributed by atoms with Crippen LogP contribution in [-0.2, 0) is 6.67 Å². The smallest absolute Gasteiger partial charge is 0.217 e. The van der Waals surface area contributed by atoms with Gasteiger partial charge in [0.05, 0.1) is 17.6 Å². The van der Waals surface area contributed by atoms with E-state index in [0.29, 0.717) is 18.0 Å². The van der Waals surface area contributed by atoms with Gasteiger partial charge < -0.3 is 5.11 Å². The van der Waals surface area contributed by atoms with Gasteiger partial charge in [-0.2, -0.15) is 4.98 Å². The maximum atomic E-state index is 9.68. The second-order valence-electron chi connectivity index (χ2n) is 4.77. The molecule has 1 saturated heterocycles. The Kier molecular flexibility index (Phi) is 3.79. The monoisotopic (exact) mass is 296 g/mol. The summed E-state index contributed by atoms with van der Waals surface area (Å²) in [4.78, 5) is 7.66. The Hall–Kier alpha value is -1.02. The summed E-state index contributed by atoms with van der Waals surface area (Å²) in [5.74, 6) is 0.817. The molecular weight excluding hydrogens is 280 g/mol. The van der Waals surface area contributed by atoms with E-state index in [9.17, 15) is 5.11 Å². The number of rotatable bonds is 3. The molecular formula is C12H16N4OS2. The number of aromatic nitrogens is 3. The van der Waals surface area contributed by atoms with Crippen molar-refractivity contribution < 1.29 is 5.11 Å². The number of nitrogens with zero attached hydrogens (tertiary/aromatic N) is 3. The first-order valence-corrected chi connectivity index (χ1v) is 7.62. The normalized spacial score (nSPS) is 20.8. The molecule has 0 saturated carbocycles. The van der Waals surface area contributed by atoms with Gasteiger partial charge in [0.1, 0.15) is 0 Å².